The van der Waals surface area contributed by atoms with Crippen LogP contribution in [0.5, 0.6) is 0 Å². The van der Waals surface area contributed by atoms with Gasteiger partial charge >= 0.3 is 6.03 Å². The van der Waals surface area contributed by atoms with E-state index in [4.69, 9.17) is 40.2 Å². The van der Waals surface area contributed by atoms with E-state index >= 15 is 0 Å². The minimum atomic E-state index is -0.504. The van der Waals surface area contributed by atoms with Gasteiger partial charge in [-0.05, 0) is 32.9 Å². The van der Waals surface area contributed by atoms with E-state index in [0.717, 1.165) is 0 Å². The number of guanidine groups is 1. The van der Waals surface area contributed by atoms with Gasteiger partial charge < -0.3 is 10.6 Å². The van der Waals surface area contributed by atoms with Crippen LogP contribution in [-0.4, -0.2) is 17.5 Å². The quantitative estimate of drug-likeness (QED) is 0.460. The maximum absolute atomic E-state index is 11.6. The molecule has 0 fully saturated rings. The van der Waals surface area contributed by atoms with Crippen LogP contribution < -0.4 is 16.0 Å². The number of carbonyl (C=O) groups excluding carboxylic acids is 1. The molecule has 0 heterocycles. The van der Waals surface area contributed by atoms with Gasteiger partial charge in [0, 0.05) is 10.6 Å². The van der Waals surface area contributed by atoms with Crippen LogP contribution in [0.3, 0.4) is 0 Å². The number of hydrogen-bond acceptors (Lipinski definition) is 2. The predicted octanol–water partition coefficient (Wildman–Crippen LogP) is 4.09. The molecule has 0 aromatic heterocycles. The van der Waals surface area contributed by atoms with E-state index in [1.807, 2.05) is 20.8 Å². The van der Waals surface area contributed by atoms with Crippen LogP contribution in [0.15, 0.2) is 12.1 Å². The number of halogens is 3. The average molecular weight is 338 g/mol. The van der Waals surface area contributed by atoms with E-state index in [1.165, 1.54) is 12.1 Å². The Morgan fingerprint density at radius 1 is 1.15 bits per heavy atom. The van der Waals surface area contributed by atoms with Gasteiger partial charge in [0.05, 0.1) is 15.7 Å². The van der Waals surface area contributed by atoms with Crippen LogP contribution in [0.1, 0.15) is 20.8 Å². The van der Waals surface area contributed by atoms with E-state index < -0.39 is 11.6 Å². The number of urea groups is 1. The van der Waals surface area contributed by atoms with Crippen LogP contribution in [0, 0.1) is 5.41 Å². The van der Waals surface area contributed by atoms with Crippen molar-refractivity contribution < 1.29 is 4.79 Å². The molecule has 0 radical (unpaired) electrons. The zero-order valence-corrected chi connectivity index (χ0v) is 13.5. The van der Waals surface area contributed by atoms with Gasteiger partial charge in [0.25, 0.3) is 0 Å². The van der Waals surface area contributed by atoms with Gasteiger partial charge in [-0.15, -0.1) is 0 Å². The maximum atomic E-state index is 11.6. The Bertz CT molecular complexity index is 517. The van der Waals surface area contributed by atoms with Crippen molar-refractivity contribution in [2.75, 3.05) is 5.32 Å². The fourth-order valence-corrected chi connectivity index (χ4v) is 2.21. The van der Waals surface area contributed by atoms with Crippen molar-refractivity contribution in [1.29, 1.82) is 5.41 Å². The van der Waals surface area contributed by atoms with Crippen LogP contribution in [0.25, 0.3) is 0 Å². The summed E-state index contributed by atoms with van der Waals surface area (Å²) < 4.78 is 0. The highest BCUT2D eigenvalue weighted by atomic mass is 35.5. The summed E-state index contributed by atoms with van der Waals surface area (Å²) in [6.45, 7) is 5.49. The molecule has 0 unspecified atom stereocenters. The molecule has 1 rings (SSSR count). The summed E-state index contributed by atoms with van der Waals surface area (Å²) in [5, 5.41) is 16.2. The molecule has 0 aliphatic rings. The lowest BCUT2D eigenvalue weighted by Crippen LogP contribution is -2.49. The van der Waals surface area contributed by atoms with Crippen molar-refractivity contribution in [2.45, 2.75) is 26.3 Å². The maximum Gasteiger partial charge on any atom is 0.321 e. The number of benzene rings is 1. The lowest BCUT2D eigenvalue weighted by molar-refractivity contribution is 0.236. The fourth-order valence-electron chi connectivity index (χ4n) is 1.30. The van der Waals surface area contributed by atoms with Crippen LogP contribution >= 0.6 is 34.8 Å². The summed E-state index contributed by atoms with van der Waals surface area (Å²) in [5.74, 6) is -0.252. The highest BCUT2D eigenvalue weighted by Crippen LogP contribution is 2.33. The van der Waals surface area contributed by atoms with Gasteiger partial charge in [-0.3, -0.25) is 10.7 Å². The topological polar surface area (TPSA) is 77.0 Å². The fraction of sp³-hybridized carbons (Fsp3) is 0.333. The second kappa shape index (κ2) is 6.52. The van der Waals surface area contributed by atoms with Crippen molar-refractivity contribution in [2.24, 2.45) is 0 Å². The molecule has 5 nitrogen and oxygen atoms in total. The normalized spacial score (nSPS) is 10.9. The number of carbonyl (C=O) groups is 1. The third-order valence-corrected chi connectivity index (χ3v) is 2.80. The zero-order chi connectivity index (χ0) is 15.5. The minimum absolute atomic E-state index is 0.252. The molecule has 0 bridgehead atoms. The first-order chi connectivity index (χ1) is 9.08. The van der Waals surface area contributed by atoms with Gasteiger partial charge in [0.15, 0.2) is 0 Å². The first-order valence-electron chi connectivity index (χ1n) is 5.68. The summed E-state index contributed by atoms with van der Waals surface area (Å²) in [7, 11) is 0. The molecule has 0 atom stereocenters. The van der Waals surface area contributed by atoms with Crippen molar-refractivity contribution in [3.8, 4) is 0 Å². The Kier molecular flexibility index (Phi) is 5.50. The summed E-state index contributed by atoms with van der Waals surface area (Å²) in [6, 6.07) is 2.47. The second-order valence-electron chi connectivity index (χ2n) is 5.07. The molecule has 110 valence electrons. The molecule has 0 aliphatic heterocycles. The van der Waals surface area contributed by atoms with Gasteiger partial charge in [-0.2, -0.15) is 0 Å². The Morgan fingerprint density at radius 3 is 2.10 bits per heavy atom. The number of hydrogen-bond donors (Lipinski definition) is 4. The van der Waals surface area contributed by atoms with Crippen molar-refractivity contribution >= 4 is 52.5 Å². The van der Waals surface area contributed by atoms with E-state index in [1.54, 1.807) is 0 Å². The summed E-state index contributed by atoms with van der Waals surface area (Å²) in [4.78, 5) is 11.6. The second-order valence-corrected chi connectivity index (χ2v) is 6.32. The lowest BCUT2D eigenvalue weighted by atomic mass is 10.1. The molecule has 2 amide bonds. The number of amides is 2. The number of anilines is 1. The zero-order valence-electron chi connectivity index (χ0n) is 11.2. The SMILES string of the molecule is CC(C)(C)NC(=O)NC(=N)Nc1c(Cl)cc(Cl)cc1Cl. The Labute approximate surface area is 132 Å². The Morgan fingerprint density at radius 2 is 1.65 bits per heavy atom. The molecule has 1 aromatic rings. The standard InChI is InChI=1S/C12H15Cl3N4O/c1-12(2,3)19-11(20)18-10(16)17-9-7(14)4-6(13)5-8(9)15/h4-5H,1-3H3,(H4,16,17,18,19,20). The lowest BCUT2D eigenvalue weighted by Gasteiger charge is -2.21. The predicted molar refractivity (Wildman–Crippen MR) is 84.2 cm³/mol. The molecule has 8 heteroatoms. The summed E-state index contributed by atoms with van der Waals surface area (Å²) in [5.41, 5.74) is -0.0984. The average Bonchev–Trinajstić information content (AvgIpc) is 2.20. The Balaban J connectivity index is 2.70. The van der Waals surface area contributed by atoms with E-state index in [2.05, 4.69) is 16.0 Å². The first kappa shape index (κ1) is 16.9. The Hall–Kier alpha value is -1.17. The van der Waals surface area contributed by atoms with Crippen molar-refractivity contribution in [3.05, 3.63) is 27.2 Å². The van der Waals surface area contributed by atoms with Gasteiger partial charge in [-0.25, -0.2) is 4.79 Å². The molecule has 1 aromatic carbocycles. The molecule has 20 heavy (non-hydrogen) atoms. The molecule has 0 saturated heterocycles. The third kappa shape index (κ3) is 5.45. The van der Waals surface area contributed by atoms with Crippen molar-refractivity contribution in [3.63, 3.8) is 0 Å². The molecular weight excluding hydrogens is 323 g/mol. The summed E-state index contributed by atoms with van der Waals surface area (Å²) in [6.07, 6.45) is 0. The third-order valence-electron chi connectivity index (χ3n) is 1.98. The largest absolute Gasteiger partial charge is 0.333 e. The van der Waals surface area contributed by atoms with Gasteiger partial charge in [0.1, 0.15) is 0 Å². The smallest absolute Gasteiger partial charge is 0.321 e. The first-order valence-corrected chi connectivity index (χ1v) is 6.81. The number of nitrogens with one attached hydrogen (secondary N) is 4. The highest BCUT2D eigenvalue weighted by Gasteiger charge is 2.15. The van der Waals surface area contributed by atoms with Crippen LogP contribution in [0.4, 0.5) is 10.5 Å². The summed E-state index contributed by atoms with van der Waals surface area (Å²) >= 11 is 17.7. The molecule has 0 aliphatic carbocycles. The monoisotopic (exact) mass is 336 g/mol. The van der Waals surface area contributed by atoms with Gasteiger partial charge in [-0.1, -0.05) is 34.8 Å². The molecule has 4 N–H and O–H groups in total. The molecular formula is C12H15Cl3N4O. The van der Waals surface area contributed by atoms with Crippen molar-refractivity contribution in [1.82, 2.24) is 10.6 Å². The minimum Gasteiger partial charge on any atom is -0.333 e. The van der Waals surface area contributed by atoms with E-state index in [9.17, 15) is 4.79 Å². The molecule has 0 spiro atoms. The van der Waals surface area contributed by atoms with E-state index in [-0.39, 0.29) is 16.0 Å². The van der Waals surface area contributed by atoms with E-state index in [0.29, 0.717) is 10.7 Å². The number of rotatable bonds is 1. The van der Waals surface area contributed by atoms with Gasteiger partial charge in [0.2, 0.25) is 5.96 Å². The highest BCUT2D eigenvalue weighted by molar-refractivity contribution is 6.42. The van der Waals surface area contributed by atoms with Crippen LogP contribution in [0.2, 0.25) is 15.1 Å². The molecule has 0 saturated carbocycles. The van der Waals surface area contributed by atoms with Crippen LogP contribution in [-0.2, 0) is 0 Å².